The second-order valence-corrected chi connectivity index (χ2v) is 5.62. The van der Waals surface area contributed by atoms with Gasteiger partial charge in [0.25, 0.3) is 0 Å². The number of para-hydroxylation sites is 1. The maximum absolute atomic E-state index is 11.4. The van der Waals surface area contributed by atoms with Gasteiger partial charge in [-0.15, -0.1) is 0 Å². The van der Waals surface area contributed by atoms with Gasteiger partial charge in [-0.05, 0) is 45.3 Å². The molecule has 0 fully saturated rings. The zero-order valence-electron chi connectivity index (χ0n) is 13.2. The predicted molar refractivity (Wildman–Crippen MR) is 90.1 cm³/mol. The summed E-state index contributed by atoms with van der Waals surface area (Å²) < 4.78 is 0. The fourth-order valence-corrected chi connectivity index (χ4v) is 2.26. The molecule has 0 aliphatic rings. The molecule has 0 aliphatic carbocycles. The summed E-state index contributed by atoms with van der Waals surface area (Å²) in [6, 6.07) is 14.9. The molecule has 0 spiro atoms. The Bertz CT molecular complexity index is 640. The lowest BCUT2D eigenvalue weighted by Crippen LogP contribution is -2.36. The van der Waals surface area contributed by atoms with Crippen molar-refractivity contribution in [1.29, 1.82) is 0 Å². The molecule has 0 amide bonds. The van der Waals surface area contributed by atoms with Crippen molar-refractivity contribution in [3.8, 4) is 5.75 Å². The van der Waals surface area contributed by atoms with Crippen LogP contribution in [0.3, 0.4) is 0 Å². The molecule has 0 bridgehead atoms. The van der Waals surface area contributed by atoms with E-state index in [1.54, 1.807) is 18.2 Å². The number of aromatic hydroxyl groups is 1. The number of aldehydes is 1. The number of anilines is 2. The molecule has 2 aromatic carbocycles. The minimum absolute atomic E-state index is 0.212. The van der Waals surface area contributed by atoms with Crippen LogP contribution in [-0.2, 0) is 0 Å². The van der Waals surface area contributed by atoms with Crippen LogP contribution in [0.15, 0.2) is 48.5 Å². The number of likely N-dealkylation sites (N-methyl/N-ethyl adjacent to an activating group) is 1. The summed E-state index contributed by atoms with van der Waals surface area (Å²) in [6.45, 7) is 2.83. The van der Waals surface area contributed by atoms with Gasteiger partial charge < -0.3 is 14.9 Å². The fourth-order valence-electron chi connectivity index (χ4n) is 2.26. The summed E-state index contributed by atoms with van der Waals surface area (Å²) in [6.07, 6.45) is 0.867. The van der Waals surface area contributed by atoms with Crippen molar-refractivity contribution in [3.05, 3.63) is 54.1 Å². The largest absolute Gasteiger partial charge is 0.508 e. The van der Waals surface area contributed by atoms with Crippen LogP contribution >= 0.6 is 0 Å². The van der Waals surface area contributed by atoms with E-state index in [4.69, 9.17) is 0 Å². The molecule has 0 aromatic heterocycles. The van der Waals surface area contributed by atoms with Crippen molar-refractivity contribution in [2.24, 2.45) is 0 Å². The number of nitrogens with zero attached hydrogens (tertiary/aromatic N) is 2. The second kappa shape index (κ2) is 7.09. The van der Waals surface area contributed by atoms with Crippen molar-refractivity contribution >= 4 is 17.7 Å². The number of phenols is 1. The lowest BCUT2D eigenvalue weighted by Gasteiger charge is -2.31. The maximum atomic E-state index is 11.4. The molecule has 4 heteroatoms. The zero-order valence-corrected chi connectivity index (χ0v) is 13.2. The minimum Gasteiger partial charge on any atom is -0.508 e. The lowest BCUT2D eigenvalue weighted by atomic mass is 10.1. The average Bonchev–Trinajstić information content (AvgIpc) is 2.52. The highest BCUT2D eigenvalue weighted by atomic mass is 16.3. The molecule has 116 valence electrons. The topological polar surface area (TPSA) is 43.8 Å². The number of hydrogen-bond acceptors (Lipinski definition) is 4. The van der Waals surface area contributed by atoms with E-state index in [2.05, 4.69) is 16.7 Å². The average molecular weight is 298 g/mol. The molecular weight excluding hydrogens is 276 g/mol. The molecule has 22 heavy (non-hydrogen) atoms. The Morgan fingerprint density at radius 2 is 1.86 bits per heavy atom. The molecule has 1 unspecified atom stereocenters. The Labute approximate surface area is 131 Å². The third-order valence-corrected chi connectivity index (χ3v) is 3.82. The second-order valence-electron chi connectivity index (χ2n) is 5.62. The first-order chi connectivity index (χ1) is 10.5. The smallest absolute Gasteiger partial charge is 0.152 e. The number of benzene rings is 2. The van der Waals surface area contributed by atoms with Crippen LogP contribution in [0, 0.1) is 0 Å². The molecule has 2 rings (SSSR count). The van der Waals surface area contributed by atoms with Crippen molar-refractivity contribution in [3.63, 3.8) is 0 Å². The normalized spacial score (nSPS) is 12.2. The third kappa shape index (κ3) is 3.65. The SMILES string of the molecule is CC(CN(c1cccc(O)c1)c1ccccc1C=O)N(C)C. The molecule has 4 nitrogen and oxygen atoms in total. The van der Waals surface area contributed by atoms with E-state index in [0.29, 0.717) is 12.1 Å². The van der Waals surface area contributed by atoms with Crippen LogP contribution in [0.4, 0.5) is 11.4 Å². The number of hydrogen-bond donors (Lipinski definition) is 1. The quantitative estimate of drug-likeness (QED) is 0.831. The van der Waals surface area contributed by atoms with Gasteiger partial charge in [-0.2, -0.15) is 0 Å². The number of carbonyl (C=O) groups excluding carboxylic acids is 1. The van der Waals surface area contributed by atoms with Gasteiger partial charge >= 0.3 is 0 Å². The van der Waals surface area contributed by atoms with Gasteiger partial charge in [0.1, 0.15) is 5.75 Å². The molecule has 0 radical (unpaired) electrons. The van der Waals surface area contributed by atoms with Crippen LogP contribution in [0.25, 0.3) is 0 Å². The fraction of sp³-hybridized carbons (Fsp3) is 0.278. The summed E-state index contributed by atoms with van der Waals surface area (Å²) in [5.41, 5.74) is 2.34. The molecular formula is C18H22N2O2. The predicted octanol–water partition coefficient (Wildman–Crippen LogP) is 3.29. The Morgan fingerprint density at radius 3 is 2.50 bits per heavy atom. The number of carbonyl (C=O) groups is 1. The Balaban J connectivity index is 2.47. The third-order valence-electron chi connectivity index (χ3n) is 3.82. The van der Waals surface area contributed by atoms with Crippen LogP contribution in [0.1, 0.15) is 17.3 Å². The first-order valence-corrected chi connectivity index (χ1v) is 7.30. The van der Waals surface area contributed by atoms with E-state index in [9.17, 15) is 9.90 Å². The van der Waals surface area contributed by atoms with E-state index in [-0.39, 0.29) is 11.8 Å². The van der Waals surface area contributed by atoms with Crippen molar-refractivity contribution in [1.82, 2.24) is 4.90 Å². The van der Waals surface area contributed by atoms with Gasteiger partial charge in [0, 0.05) is 29.9 Å². The Hall–Kier alpha value is -2.33. The van der Waals surface area contributed by atoms with E-state index < -0.39 is 0 Å². The highest BCUT2D eigenvalue weighted by molar-refractivity contribution is 5.86. The van der Waals surface area contributed by atoms with Crippen molar-refractivity contribution in [2.75, 3.05) is 25.5 Å². The van der Waals surface area contributed by atoms with Crippen molar-refractivity contribution in [2.45, 2.75) is 13.0 Å². The van der Waals surface area contributed by atoms with Crippen molar-refractivity contribution < 1.29 is 9.90 Å². The summed E-state index contributed by atoms with van der Waals surface area (Å²) in [5, 5.41) is 9.77. The minimum atomic E-state index is 0.212. The van der Waals surface area contributed by atoms with E-state index >= 15 is 0 Å². The summed E-state index contributed by atoms with van der Waals surface area (Å²) in [5.74, 6) is 0.212. The van der Waals surface area contributed by atoms with Gasteiger partial charge in [0.05, 0.1) is 5.69 Å². The standard InChI is InChI=1S/C18H22N2O2/c1-14(19(2)3)12-20(16-8-6-9-17(22)11-16)18-10-5-4-7-15(18)13-21/h4-11,13-14,22H,12H2,1-3H3. The Morgan fingerprint density at radius 1 is 1.14 bits per heavy atom. The summed E-state index contributed by atoms with van der Waals surface area (Å²) in [7, 11) is 4.05. The van der Waals surface area contributed by atoms with E-state index in [1.807, 2.05) is 44.4 Å². The van der Waals surface area contributed by atoms with Gasteiger partial charge in [0.2, 0.25) is 0 Å². The highest BCUT2D eigenvalue weighted by Crippen LogP contribution is 2.30. The number of rotatable bonds is 6. The summed E-state index contributed by atoms with van der Waals surface area (Å²) in [4.78, 5) is 15.6. The maximum Gasteiger partial charge on any atom is 0.152 e. The molecule has 2 aromatic rings. The molecule has 1 atom stereocenters. The first-order valence-electron chi connectivity index (χ1n) is 7.30. The van der Waals surface area contributed by atoms with Gasteiger partial charge in [-0.25, -0.2) is 0 Å². The molecule has 1 N–H and O–H groups in total. The monoisotopic (exact) mass is 298 g/mol. The van der Waals surface area contributed by atoms with Gasteiger partial charge in [-0.3, -0.25) is 4.79 Å². The van der Waals surface area contributed by atoms with Crippen LogP contribution < -0.4 is 4.90 Å². The Kier molecular flexibility index (Phi) is 5.17. The van der Waals surface area contributed by atoms with E-state index in [0.717, 1.165) is 17.7 Å². The van der Waals surface area contributed by atoms with Gasteiger partial charge in [0.15, 0.2) is 6.29 Å². The van der Waals surface area contributed by atoms with Crippen LogP contribution in [-0.4, -0.2) is 43.0 Å². The highest BCUT2D eigenvalue weighted by Gasteiger charge is 2.17. The first kappa shape index (κ1) is 16.0. The van der Waals surface area contributed by atoms with E-state index in [1.165, 1.54) is 0 Å². The van der Waals surface area contributed by atoms with Crippen LogP contribution in [0.5, 0.6) is 5.75 Å². The molecule has 0 saturated heterocycles. The lowest BCUT2D eigenvalue weighted by molar-refractivity contribution is 0.112. The molecule has 0 heterocycles. The van der Waals surface area contributed by atoms with Gasteiger partial charge in [-0.1, -0.05) is 18.2 Å². The summed E-state index contributed by atoms with van der Waals surface area (Å²) >= 11 is 0. The molecule has 0 aliphatic heterocycles. The van der Waals surface area contributed by atoms with Crippen LogP contribution in [0.2, 0.25) is 0 Å². The number of phenolic OH excluding ortho intramolecular Hbond substituents is 1. The molecule has 0 saturated carbocycles. The zero-order chi connectivity index (χ0) is 16.1.